The Morgan fingerprint density at radius 2 is 1.44 bits per heavy atom. The van der Waals surface area contributed by atoms with E-state index in [9.17, 15) is 9.59 Å². The first kappa shape index (κ1) is 18.4. The number of ether oxygens (including phenoxy) is 2. The molecule has 0 atom stereocenters. The van der Waals surface area contributed by atoms with Crippen LogP contribution in [-0.2, 0) is 22.7 Å². The summed E-state index contributed by atoms with van der Waals surface area (Å²) in [5.74, 6) is 0. The van der Waals surface area contributed by atoms with E-state index in [0.29, 0.717) is 11.4 Å². The van der Waals surface area contributed by atoms with Crippen LogP contribution in [0.15, 0.2) is 66.3 Å². The van der Waals surface area contributed by atoms with E-state index in [-0.39, 0.29) is 13.2 Å². The molecule has 2 amide bonds. The third kappa shape index (κ3) is 6.12. The number of rotatable bonds is 6. The average Bonchev–Trinajstić information content (AvgIpc) is 3.21. The second-order valence-corrected chi connectivity index (χ2v) is 6.40. The molecule has 27 heavy (non-hydrogen) atoms. The molecule has 2 aromatic carbocycles. The van der Waals surface area contributed by atoms with Gasteiger partial charge in [0.1, 0.15) is 13.2 Å². The number of thiazole rings is 1. The smallest absolute Gasteiger partial charge is 0.411 e. The number of amides is 2. The topological polar surface area (TPSA) is 89.6 Å². The molecule has 0 aliphatic heterocycles. The van der Waals surface area contributed by atoms with Crippen molar-refractivity contribution in [1.29, 1.82) is 0 Å². The molecular weight excluding hydrogens is 366 g/mol. The van der Waals surface area contributed by atoms with Crippen molar-refractivity contribution in [3.8, 4) is 0 Å². The van der Waals surface area contributed by atoms with Crippen LogP contribution in [0.2, 0.25) is 0 Å². The number of nitrogens with zero attached hydrogens (tertiary/aromatic N) is 1. The molecule has 0 fully saturated rings. The minimum absolute atomic E-state index is 0.170. The maximum Gasteiger partial charge on any atom is 0.411 e. The Balaban J connectivity index is 1.42. The fourth-order valence-electron chi connectivity index (χ4n) is 2.12. The number of carbonyl (C=O) groups excluding carboxylic acids is 2. The van der Waals surface area contributed by atoms with Gasteiger partial charge >= 0.3 is 12.2 Å². The number of hydrogen-bond acceptors (Lipinski definition) is 6. The Kier molecular flexibility index (Phi) is 6.37. The normalized spacial score (nSPS) is 10.1. The molecule has 1 aromatic heterocycles. The largest absolute Gasteiger partial charge is 0.444 e. The molecule has 0 saturated heterocycles. The zero-order chi connectivity index (χ0) is 18.9. The van der Waals surface area contributed by atoms with E-state index in [2.05, 4.69) is 15.6 Å². The van der Waals surface area contributed by atoms with Gasteiger partial charge in [-0.25, -0.2) is 9.59 Å². The summed E-state index contributed by atoms with van der Waals surface area (Å²) in [5.41, 5.74) is 3.68. The van der Waals surface area contributed by atoms with Crippen molar-refractivity contribution in [3.05, 3.63) is 76.7 Å². The molecule has 1 heterocycles. The van der Waals surface area contributed by atoms with Crippen molar-refractivity contribution in [2.45, 2.75) is 13.2 Å². The van der Waals surface area contributed by atoms with Crippen molar-refractivity contribution < 1.29 is 19.1 Å². The van der Waals surface area contributed by atoms with Crippen LogP contribution in [0, 0.1) is 0 Å². The summed E-state index contributed by atoms with van der Waals surface area (Å²) in [4.78, 5) is 28.3. The maximum absolute atomic E-state index is 11.8. The van der Waals surface area contributed by atoms with Gasteiger partial charge in [0, 0.05) is 17.6 Å². The third-order valence-corrected chi connectivity index (χ3v) is 4.17. The summed E-state index contributed by atoms with van der Waals surface area (Å²) >= 11 is 1.41. The number of hydrogen-bond donors (Lipinski definition) is 2. The summed E-state index contributed by atoms with van der Waals surface area (Å²) in [6.07, 6.45) is 0.532. The highest BCUT2D eigenvalue weighted by Crippen LogP contribution is 2.15. The molecule has 0 aliphatic carbocycles. The Bertz CT molecular complexity index is 868. The molecule has 2 N–H and O–H groups in total. The molecule has 138 valence electrons. The molecule has 0 bridgehead atoms. The summed E-state index contributed by atoms with van der Waals surface area (Å²) < 4.78 is 10.2. The first-order chi connectivity index (χ1) is 13.2. The fourth-order valence-corrected chi connectivity index (χ4v) is 2.62. The van der Waals surface area contributed by atoms with Gasteiger partial charge in [0.2, 0.25) is 0 Å². The van der Waals surface area contributed by atoms with E-state index >= 15 is 0 Å². The van der Waals surface area contributed by atoms with Crippen LogP contribution in [0.5, 0.6) is 0 Å². The molecule has 7 nitrogen and oxygen atoms in total. The maximum atomic E-state index is 11.8. The van der Waals surface area contributed by atoms with E-state index in [1.54, 1.807) is 36.0 Å². The fraction of sp³-hybridized carbons (Fsp3) is 0.105. The molecular formula is C19H17N3O4S. The number of nitrogens with one attached hydrogen (secondary N) is 2. The lowest BCUT2D eigenvalue weighted by Crippen LogP contribution is -2.14. The van der Waals surface area contributed by atoms with Crippen LogP contribution < -0.4 is 10.6 Å². The Hall–Kier alpha value is -3.39. The minimum atomic E-state index is -0.564. The standard InChI is InChI=1S/C19H17N3O4S/c23-18(25-11-14-4-2-1-3-5-14)21-15-6-8-16(9-7-15)22-19(24)26-12-17-10-20-13-27-17/h1-10,13H,11-12H2,(H,21,23)(H,22,24). The second-order valence-electron chi connectivity index (χ2n) is 5.43. The quantitative estimate of drug-likeness (QED) is 0.647. The highest BCUT2D eigenvalue weighted by atomic mass is 32.1. The SMILES string of the molecule is O=C(Nc1ccc(NC(=O)OCc2cncs2)cc1)OCc1ccccc1. The molecule has 3 aromatic rings. The predicted molar refractivity (Wildman–Crippen MR) is 103 cm³/mol. The number of carbonyl (C=O) groups is 2. The number of benzene rings is 2. The van der Waals surface area contributed by atoms with Gasteiger partial charge in [0.15, 0.2) is 0 Å². The lowest BCUT2D eigenvalue weighted by molar-refractivity contribution is 0.154. The molecule has 0 unspecified atom stereocenters. The zero-order valence-electron chi connectivity index (χ0n) is 14.3. The van der Waals surface area contributed by atoms with E-state index in [4.69, 9.17) is 9.47 Å². The van der Waals surface area contributed by atoms with Gasteiger partial charge in [0.05, 0.1) is 10.4 Å². The molecule has 3 rings (SSSR count). The van der Waals surface area contributed by atoms with E-state index in [1.807, 2.05) is 30.3 Å². The molecule has 0 aliphatic rings. The van der Waals surface area contributed by atoms with Crippen molar-refractivity contribution in [2.24, 2.45) is 0 Å². The highest BCUT2D eigenvalue weighted by Gasteiger charge is 2.07. The summed E-state index contributed by atoms with van der Waals surface area (Å²) in [6.45, 7) is 0.362. The van der Waals surface area contributed by atoms with Crippen LogP contribution in [0.3, 0.4) is 0 Å². The van der Waals surface area contributed by atoms with Gasteiger partial charge < -0.3 is 9.47 Å². The number of anilines is 2. The third-order valence-electron chi connectivity index (χ3n) is 3.42. The van der Waals surface area contributed by atoms with Crippen LogP contribution in [0.1, 0.15) is 10.4 Å². The van der Waals surface area contributed by atoms with Crippen molar-refractivity contribution in [1.82, 2.24) is 4.98 Å². The Labute approximate surface area is 160 Å². The molecule has 0 radical (unpaired) electrons. The van der Waals surface area contributed by atoms with Crippen LogP contribution in [-0.4, -0.2) is 17.2 Å². The number of aromatic nitrogens is 1. The van der Waals surface area contributed by atoms with Crippen molar-refractivity contribution in [2.75, 3.05) is 10.6 Å². The highest BCUT2D eigenvalue weighted by molar-refractivity contribution is 7.09. The van der Waals surface area contributed by atoms with Gasteiger partial charge in [-0.3, -0.25) is 15.6 Å². The molecule has 0 spiro atoms. The lowest BCUT2D eigenvalue weighted by atomic mass is 10.2. The lowest BCUT2D eigenvalue weighted by Gasteiger charge is -2.09. The van der Waals surface area contributed by atoms with Crippen molar-refractivity contribution in [3.63, 3.8) is 0 Å². The molecule has 0 saturated carbocycles. The van der Waals surface area contributed by atoms with E-state index in [1.165, 1.54) is 11.3 Å². The first-order valence-corrected chi connectivity index (χ1v) is 8.96. The van der Waals surface area contributed by atoms with Crippen molar-refractivity contribution >= 4 is 34.9 Å². The van der Waals surface area contributed by atoms with E-state index < -0.39 is 12.2 Å². The van der Waals surface area contributed by atoms with Crippen LogP contribution in [0.25, 0.3) is 0 Å². The van der Waals surface area contributed by atoms with Gasteiger partial charge in [-0.2, -0.15) is 0 Å². The van der Waals surface area contributed by atoms with Crippen LogP contribution in [0.4, 0.5) is 21.0 Å². The summed E-state index contributed by atoms with van der Waals surface area (Å²) in [6, 6.07) is 16.0. The Morgan fingerprint density at radius 1 is 0.852 bits per heavy atom. The first-order valence-electron chi connectivity index (χ1n) is 8.08. The average molecular weight is 383 g/mol. The summed E-state index contributed by atoms with van der Waals surface area (Å²) in [5, 5.41) is 5.24. The van der Waals surface area contributed by atoms with Gasteiger partial charge in [-0.15, -0.1) is 11.3 Å². The predicted octanol–water partition coefficient (Wildman–Crippen LogP) is 4.64. The van der Waals surface area contributed by atoms with E-state index in [0.717, 1.165) is 10.4 Å². The Morgan fingerprint density at radius 3 is 2.00 bits per heavy atom. The molecule has 8 heteroatoms. The zero-order valence-corrected chi connectivity index (χ0v) is 15.1. The van der Waals surface area contributed by atoms with Gasteiger partial charge in [0.25, 0.3) is 0 Å². The van der Waals surface area contributed by atoms with Gasteiger partial charge in [-0.05, 0) is 29.8 Å². The second kappa shape index (κ2) is 9.35. The van der Waals surface area contributed by atoms with Crippen LogP contribution >= 0.6 is 11.3 Å². The minimum Gasteiger partial charge on any atom is -0.444 e. The summed E-state index contributed by atoms with van der Waals surface area (Å²) in [7, 11) is 0. The van der Waals surface area contributed by atoms with Gasteiger partial charge in [-0.1, -0.05) is 30.3 Å². The monoisotopic (exact) mass is 383 g/mol.